The molecule has 0 bridgehead atoms. The van der Waals surface area contributed by atoms with E-state index in [0.717, 1.165) is 5.56 Å². The second-order valence-corrected chi connectivity index (χ2v) is 4.81. The summed E-state index contributed by atoms with van der Waals surface area (Å²) in [4.78, 5) is 13.9. The molecule has 0 radical (unpaired) electrons. The number of nitrogen functional groups attached to an aromatic ring is 1. The maximum absolute atomic E-state index is 12.2. The number of hydrogen-bond acceptors (Lipinski definition) is 2. The Morgan fingerprint density at radius 1 is 1.21 bits per heavy atom. The molecule has 2 aromatic carbocycles. The Kier molecular flexibility index (Phi) is 4.07. The molecule has 0 aliphatic carbocycles. The third-order valence-electron chi connectivity index (χ3n) is 2.88. The van der Waals surface area contributed by atoms with Crippen molar-refractivity contribution < 1.29 is 4.79 Å². The van der Waals surface area contributed by atoms with E-state index in [9.17, 15) is 4.79 Å². The van der Waals surface area contributed by atoms with Crippen LogP contribution >= 0.6 is 11.6 Å². The van der Waals surface area contributed by atoms with Crippen LogP contribution in [-0.2, 0) is 6.54 Å². The van der Waals surface area contributed by atoms with Crippen LogP contribution in [0.3, 0.4) is 0 Å². The zero-order valence-corrected chi connectivity index (χ0v) is 11.4. The summed E-state index contributed by atoms with van der Waals surface area (Å²) < 4.78 is 0. The molecule has 98 valence electrons. The van der Waals surface area contributed by atoms with Crippen LogP contribution in [0.2, 0.25) is 5.02 Å². The molecule has 0 fully saturated rings. The smallest absolute Gasteiger partial charge is 0.253 e. The van der Waals surface area contributed by atoms with Crippen LogP contribution in [0.1, 0.15) is 15.9 Å². The third kappa shape index (κ3) is 3.26. The summed E-state index contributed by atoms with van der Waals surface area (Å²) in [5.41, 5.74) is 8.07. The van der Waals surface area contributed by atoms with Crippen LogP contribution < -0.4 is 5.73 Å². The van der Waals surface area contributed by atoms with Crippen molar-refractivity contribution in [3.63, 3.8) is 0 Å². The van der Waals surface area contributed by atoms with Gasteiger partial charge >= 0.3 is 0 Å². The summed E-state index contributed by atoms with van der Waals surface area (Å²) >= 11 is 5.89. The van der Waals surface area contributed by atoms with E-state index in [-0.39, 0.29) is 5.91 Å². The number of para-hydroxylation sites is 1. The lowest BCUT2D eigenvalue weighted by Crippen LogP contribution is -2.26. The van der Waals surface area contributed by atoms with Crippen LogP contribution in [0.25, 0.3) is 0 Å². The number of carbonyl (C=O) groups excluding carboxylic acids is 1. The molecule has 2 aromatic rings. The molecule has 0 heterocycles. The molecule has 0 unspecified atom stereocenters. The van der Waals surface area contributed by atoms with Gasteiger partial charge in [-0.15, -0.1) is 0 Å². The first-order chi connectivity index (χ1) is 9.08. The van der Waals surface area contributed by atoms with Gasteiger partial charge in [-0.05, 0) is 29.8 Å². The Hall–Kier alpha value is -2.00. The van der Waals surface area contributed by atoms with Crippen LogP contribution in [0.5, 0.6) is 0 Å². The van der Waals surface area contributed by atoms with Gasteiger partial charge in [-0.25, -0.2) is 0 Å². The second-order valence-electron chi connectivity index (χ2n) is 4.37. The molecule has 0 saturated carbocycles. The summed E-state index contributed by atoms with van der Waals surface area (Å²) in [6.07, 6.45) is 0. The highest BCUT2D eigenvalue weighted by Gasteiger charge is 2.13. The minimum atomic E-state index is -0.0780. The summed E-state index contributed by atoms with van der Waals surface area (Å²) in [6.45, 7) is 0.470. The van der Waals surface area contributed by atoms with Gasteiger partial charge in [0.1, 0.15) is 0 Å². The van der Waals surface area contributed by atoms with Gasteiger partial charge in [0.15, 0.2) is 0 Å². The molecule has 1 amide bonds. The van der Waals surface area contributed by atoms with Crippen molar-refractivity contribution >= 4 is 23.2 Å². The van der Waals surface area contributed by atoms with E-state index >= 15 is 0 Å². The van der Waals surface area contributed by atoms with Gasteiger partial charge in [0, 0.05) is 29.9 Å². The molecule has 2 N–H and O–H groups in total. The Balaban J connectivity index is 2.14. The SMILES string of the molecule is CN(Cc1ccccc1N)C(=O)c1cccc(Cl)c1. The molecule has 3 nitrogen and oxygen atoms in total. The predicted molar refractivity (Wildman–Crippen MR) is 78.1 cm³/mol. The molecule has 19 heavy (non-hydrogen) atoms. The lowest BCUT2D eigenvalue weighted by atomic mass is 10.1. The van der Waals surface area contributed by atoms with E-state index in [1.54, 1.807) is 36.2 Å². The highest BCUT2D eigenvalue weighted by atomic mass is 35.5. The standard InChI is InChI=1S/C15H15ClN2O/c1-18(10-12-5-2-3-8-14(12)17)15(19)11-6-4-7-13(16)9-11/h2-9H,10,17H2,1H3. The topological polar surface area (TPSA) is 46.3 Å². The molecule has 0 spiro atoms. The first-order valence-electron chi connectivity index (χ1n) is 5.92. The Bertz CT molecular complexity index is 598. The van der Waals surface area contributed by atoms with Gasteiger partial charge in [-0.2, -0.15) is 0 Å². The number of hydrogen-bond donors (Lipinski definition) is 1. The first-order valence-corrected chi connectivity index (χ1v) is 6.30. The number of rotatable bonds is 3. The van der Waals surface area contributed by atoms with Crippen LogP contribution in [0.4, 0.5) is 5.69 Å². The number of anilines is 1. The van der Waals surface area contributed by atoms with E-state index in [1.165, 1.54) is 0 Å². The number of benzene rings is 2. The number of carbonyl (C=O) groups is 1. The maximum atomic E-state index is 12.2. The predicted octanol–water partition coefficient (Wildman–Crippen LogP) is 3.19. The lowest BCUT2D eigenvalue weighted by Gasteiger charge is -2.18. The molecule has 4 heteroatoms. The minimum absolute atomic E-state index is 0.0780. The molecular weight excluding hydrogens is 260 g/mol. The normalized spacial score (nSPS) is 10.2. The van der Waals surface area contributed by atoms with E-state index < -0.39 is 0 Å². The average molecular weight is 275 g/mol. The van der Waals surface area contributed by atoms with Crippen LogP contribution in [0.15, 0.2) is 48.5 Å². The quantitative estimate of drug-likeness (QED) is 0.874. The van der Waals surface area contributed by atoms with Crippen molar-refractivity contribution in [2.75, 3.05) is 12.8 Å². The zero-order chi connectivity index (χ0) is 13.8. The number of nitrogens with two attached hydrogens (primary N) is 1. The molecule has 0 aliphatic heterocycles. The summed E-state index contributed by atoms with van der Waals surface area (Å²) in [5, 5.41) is 0.554. The summed E-state index contributed by atoms with van der Waals surface area (Å²) in [7, 11) is 1.75. The van der Waals surface area contributed by atoms with Gasteiger partial charge < -0.3 is 10.6 Å². The largest absolute Gasteiger partial charge is 0.398 e. The lowest BCUT2D eigenvalue weighted by molar-refractivity contribution is 0.0785. The Labute approximate surface area is 117 Å². The van der Waals surface area contributed by atoms with Crippen molar-refractivity contribution in [3.05, 3.63) is 64.7 Å². The van der Waals surface area contributed by atoms with Crippen LogP contribution in [-0.4, -0.2) is 17.9 Å². The van der Waals surface area contributed by atoms with Gasteiger partial charge in [0.05, 0.1) is 0 Å². The first kappa shape index (κ1) is 13.4. The van der Waals surface area contributed by atoms with Gasteiger partial charge in [-0.3, -0.25) is 4.79 Å². The van der Waals surface area contributed by atoms with Gasteiger partial charge in [-0.1, -0.05) is 35.9 Å². The number of halogens is 1. The number of amides is 1. The number of nitrogens with zero attached hydrogens (tertiary/aromatic N) is 1. The fourth-order valence-corrected chi connectivity index (χ4v) is 2.04. The molecule has 0 saturated heterocycles. The van der Waals surface area contributed by atoms with Gasteiger partial charge in [0.2, 0.25) is 0 Å². The maximum Gasteiger partial charge on any atom is 0.253 e. The van der Waals surface area contributed by atoms with Crippen molar-refractivity contribution in [1.82, 2.24) is 4.90 Å². The highest BCUT2D eigenvalue weighted by molar-refractivity contribution is 6.30. The van der Waals surface area contributed by atoms with E-state index in [0.29, 0.717) is 22.8 Å². The molecular formula is C15H15ClN2O. The Morgan fingerprint density at radius 3 is 2.63 bits per heavy atom. The average Bonchev–Trinajstić information content (AvgIpc) is 2.40. The van der Waals surface area contributed by atoms with Gasteiger partial charge in [0.25, 0.3) is 5.91 Å². The molecule has 2 rings (SSSR count). The fraction of sp³-hybridized carbons (Fsp3) is 0.133. The van der Waals surface area contributed by atoms with E-state index in [1.807, 2.05) is 24.3 Å². The van der Waals surface area contributed by atoms with E-state index in [4.69, 9.17) is 17.3 Å². The third-order valence-corrected chi connectivity index (χ3v) is 3.12. The van der Waals surface area contributed by atoms with Crippen molar-refractivity contribution in [1.29, 1.82) is 0 Å². The van der Waals surface area contributed by atoms with Crippen molar-refractivity contribution in [3.8, 4) is 0 Å². The summed E-state index contributed by atoms with van der Waals surface area (Å²) in [6, 6.07) is 14.4. The molecule has 0 aromatic heterocycles. The molecule has 0 atom stereocenters. The van der Waals surface area contributed by atoms with Crippen molar-refractivity contribution in [2.45, 2.75) is 6.54 Å². The monoisotopic (exact) mass is 274 g/mol. The summed E-state index contributed by atoms with van der Waals surface area (Å²) in [5.74, 6) is -0.0780. The highest BCUT2D eigenvalue weighted by Crippen LogP contribution is 2.16. The van der Waals surface area contributed by atoms with Crippen LogP contribution in [0, 0.1) is 0 Å². The molecule has 0 aliphatic rings. The fourth-order valence-electron chi connectivity index (χ4n) is 1.85. The van der Waals surface area contributed by atoms with Crippen molar-refractivity contribution in [2.24, 2.45) is 0 Å². The Morgan fingerprint density at radius 2 is 1.95 bits per heavy atom. The zero-order valence-electron chi connectivity index (χ0n) is 10.6. The second kappa shape index (κ2) is 5.76. The van der Waals surface area contributed by atoms with E-state index in [2.05, 4.69) is 0 Å². The minimum Gasteiger partial charge on any atom is -0.398 e.